The van der Waals surface area contributed by atoms with Gasteiger partial charge in [-0.2, -0.15) is 0 Å². The topological polar surface area (TPSA) is 37.3 Å². The van der Waals surface area contributed by atoms with Crippen molar-refractivity contribution in [2.45, 2.75) is 39.0 Å². The van der Waals surface area contributed by atoms with Crippen molar-refractivity contribution in [2.75, 3.05) is 0 Å². The summed E-state index contributed by atoms with van der Waals surface area (Å²) in [5, 5.41) is 8.52. The molecule has 1 aromatic rings. The number of hydrogen-bond acceptors (Lipinski definition) is 2. The van der Waals surface area contributed by atoms with E-state index in [0.29, 0.717) is 0 Å². The standard InChI is InChI=1S/C15H18O2S/c1-2-3-4-5-6-7-8-13-9-10-14(18-13)11-12-15(16)17/h9-12H,2-6H2,1H3,(H,16,17). The highest BCUT2D eigenvalue weighted by Crippen LogP contribution is 2.16. The van der Waals surface area contributed by atoms with Crippen molar-refractivity contribution in [1.29, 1.82) is 0 Å². The fraction of sp³-hybridized carbons (Fsp3) is 0.400. The fourth-order valence-corrected chi connectivity index (χ4v) is 2.24. The van der Waals surface area contributed by atoms with Gasteiger partial charge in [-0.15, -0.1) is 11.3 Å². The summed E-state index contributed by atoms with van der Waals surface area (Å²) in [5.41, 5.74) is 0. The molecule has 0 amide bonds. The highest BCUT2D eigenvalue weighted by atomic mass is 32.1. The van der Waals surface area contributed by atoms with Crippen LogP contribution in [0.4, 0.5) is 0 Å². The largest absolute Gasteiger partial charge is 0.478 e. The molecule has 1 rings (SSSR count). The highest BCUT2D eigenvalue weighted by molar-refractivity contribution is 7.13. The van der Waals surface area contributed by atoms with Gasteiger partial charge in [-0.1, -0.05) is 38.0 Å². The van der Waals surface area contributed by atoms with Crippen LogP contribution in [-0.2, 0) is 4.79 Å². The van der Waals surface area contributed by atoms with Crippen molar-refractivity contribution in [1.82, 2.24) is 0 Å². The molecule has 0 radical (unpaired) electrons. The van der Waals surface area contributed by atoms with E-state index >= 15 is 0 Å². The molecule has 2 nitrogen and oxygen atoms in total. The zero-order valence-corrected chi connectivity index (χ0v) is 11.4. The first-order chi connectivity index (χ1) is 8.72. The Kier molecular flexibility index (Phi) is 6.90. The van der Waals surface area contributed by atoms with Crippen LogP contribution in [0.2, 0.25) is 0 Å². The van der Waals surface area contributed by atoms with Crippen molar-refractivity contribution in [2.24, 2.45) is 0 Å². The average molecular weight is 262 g/mol. The van der Waals surface area contributed by atoms with Gasteiger partial charge in [-0.05, 0) is 24.6 Å². The van der Waals surface area contributed by atoms with Crippen molar-refractivity contribution in [3.05, 3.63) is 28.0 Å². The number of carbonyl (C=O) groups is 1. The summed E-state index contributed by atoms with van der Waals surface area (Å²) in [6.07, 6.45) is 8.63. The zero-order valence-electron chi connectivity index (χ0n) is 10.6. The molecule has 0 unspecified atom stereocenters. The molecule has 0 fully saturated rings. The van der Waals surface area contributed by atoms with E-state index in [1.165, 1.54) is 30.6 Å². The first-order valence-electron chi connectivity index (χ1n) is 6.22. The van der Waals surface area contributed by atoms with E-state index in [2.05, 4.69) is 18.8 Å². The van der Waals surface area contributed by atoms with Gasteiger partial charge in [0.15, 0.2) is 0 Å². The lowest BCUT2D eigenvalue weighted by atomic mass is 10.2. The Balaban J connectivity index is 2.39. The van der Waals surface area contributed by atoms with Crippen LogP contribution in [0.5, 0.6) is 0 Å². The molecule has 1 N–H and O–H groups in total. The minimum absolute atomic E-state index is 0.924. The third kappa shape index (κ3) is 6.27. The molecule has 1 heterocycles. The van der Waals surface area contributed by atoms with Crippen LogP contribution in [0.1, 0.15) is 48.8 Å². The Morgan fingerprint density at radius 3 is 2.94 bits per heavy atom. The van der Waals surface area contributed by atoms with Crippen molar-refractivity contribution in [3.8, 4) is 11.8 Å². The van der Waals surface area contributed by atoms with Crippen LogP contribution < -0.4 is 0 Å². The Morgan fingerprint density at radius 1 is 1.39 bits per heavy atom. The maximum atomic E-state index is 10.4. The molecule has 18 heavy (non-hydrogen) atoms. The molecule has 0 bridgehead atoms. The predicted molar refractivity (Wildman–Crippen MR) is 76.6 cm³/mol. The Bertz CT molecular complexity index is 460. The van der Waals surface area contributed by atoms with Gasteiger partial charge in [-0.3, -0.25) is 0 Å². The summed E-state index contributed by atoms with van der Waals surface area (Å²) in [5.74, 6) is 5.35. The van der Waals surface area contributed by atoms with Gasteiger partial charge in [0.1, 0.15) is 0 Å². The molecule has 0 aliphatic carbocycles. The van der Waals surface area contributed by atoms with Crippen molar-refractivity contribution < 1.29 is 9.90 Å². The molecule has 3 heteroatoms. The summed E-state index contributed by atoms with van der Waals surface area (Å²) in [7, 11) is 0. The number of carboxylic acid groups (broad SMARTS) is 1. The van der Waals surface area contributed by atoms with E-state index in [-0.39, 0.29) is 0 Å². The maximum Gasteiger partial charge on any atom is 0.328 e. The minimum atomic E-state index is -0.924. The van der Waals surface area contributed by atoms with Crippen LogP contribution >= 0.6 is 11.3 Å². The molecule has 0 atom stereocenters. The summed E-state index contributed by atoms with van der Waals surface area (Å²) in [6, 6.07) is 3.83. The molecule has 96 valence electrons. The second kappa shape index (κ2) is 8.54. The average Bonchev–Trinajstić information content (AvgIpc) is 2.79. The van der Waals surface area contributed by atoms with Crippen LogP contribution in [-0.4, -0.2) is 11.1 Å². The molecular formula is C15H18O2S. The summed E-state index contributed by atoms with van der Waals surface area (Å²) < 4.78 is 0. The number of carboxylic acids is 1. The first-order valence-corrected chi connectivity index (χ1v) is 7.03. The quantitative estimate of drug-likeness (QED) is 0.474. The lowest BCUT2D eigenvalue weighted by molar-refractivity contribution is -0.131. The third-order valence-electron chi connectivity index (χ3n) is 2.38. The second-order valence-electron chi connectivity index (χ2n) is 3.99. The smallest absolute Gasteiger partial charge is 0.328 e. The fourth-order valence-electron chi connectivity index (χ4n) is 1.45. The zero-order chi connectivity index (χ0) is 13.2. The summed E-state index contributed by atoms with van der Waals surface area (Å²) in [4.78, 5) is 12.3. The highest BCUT2D eigenvalue weighted by Gasteiger charge is 1.94. The van der Waals surface area contributed by atoms with E-state index in [4.69, 9.17) is 5.11 Å². The normalized spacial score (nSPS) is 10.3. The number of unbranched alkanes of at least 4 members (excludes halogenated alkanes) is 4. The number of hydrogen-bond donors (Lipinski definition) is 1. The Morgan fingerprint density at radius 2 is 2.22 bits per heavy atom. The van der Waals surface area contributed by atoms with Gasteiger partial charge < -0.3 is 5.11 Å². The molecule has 0 saturated carbocycles. The van der Waals surface area contributed by atoms with Gasteiger partial charge in [0.25, 0.3) is 0 Å². The SMILES string of the molecule is CCCCCCC#Cc1ccc(C=CC(=O)O)s1. The van der Waals surface area contributed by atoms with Gasteiger partial charge in [0, 0.05) is 17.4 Å². The molecule has 0 saturated heterocycles. The third-order valence-corrected chi connectivity index (χ3v) is 3.35. The lowest BCUT2D eigenvalue weighted by Crippen LogP contribution is -1.84. The molecule has 0 spiro atoms. The number of aliphatic carboxylic acids is 1. The maximum absolute atomic E-state index is 10.4. The van der Waals surface area contributed by atoms with Gasteiger partial charge in [-0.25, -0.2) is 4.79 Å². The molecule has 1 aromatic heterocycles. The van der Waals surface area contributed by atoms with E-state index < -0.39 is 5.97 Å². The van der Waals surface area contributed by atoms with Crippen LogP contribution in [0.25, 0.3) is 6.08 Å². The summed E-state index contributed by atoms with van der Waals surface area (Å²) >= 11 is 1.52. The molecule has 0 aromatic carbocycles. The van der Waals surface area contributed by atoms with Crippen LogP contribution in [0.15, 0.2) is 18.2 Å². The Hall–Kier alpha value is -1.53. The first kappa shape index (κ1) is 14.5. The Labute approximate surface area is 112 Å². The van der Waals surface area contributed by atoms with Gasteiger partial charge >= 0.3 is 5.97 Å². The molecular weight excluding hydrogens is 244 g/mol. The monoisotopic (exact) mass is 262 g/mol. The van der Waals surface area contributed by atoms with E-state index in [0.717, 1.165) is 28.7 Å². The molecule has 0 aliphatic rings. The predicted octanol–water partition coefficient (Wildman–Crippen LogP) is 4.17. The second-order valence-corrected chi connectivity index (χ2v) is 5.10. The minimum Gasteiger partial charge on any atom is -0.478 e. The summed E-state index contributed by atoms with van der Waals surface area (Å²) in [6.45, 7) is 2.20. The van der Waals surface area contributed by atoms with E-state index in [1.807, 2.05) is 12.1 Å². The van der Waals surface area contributed by atoms with Gasteiger partial charge in [0.2, 0.25) is 0 Å². The van der Waals surface area contributed by atoms with Crippen LogP contribution in [0, 0.1) is 11.8 Å². The van der Waals surface area contributed by atoms with Crippen molar-refractivity contribution >= 4 is 23.4 Å². The lowest BCUT2D eigenvalue weighted by Gasteiger charge is -1.91. The van der Waals surface area contributed by atoms with Crippen molar-refractivity contribution in [3.63, 3.8) is 0 Å². The van der Waals surface area contributed by atoms with E-state index in [9.17, 15) is 4.79 Å². The molecule has 0 aliphatic heterocycles. The van der Waals surface area contributed by atoms with Crippen LogP contribution in [0.3, 0.4) is 0 Å². The number of rotatable bonds is 6. The number of thiophene rings is 1. The van der Waals surface area contributed by atoms with Gasteiger partial charge in [0.05, 0.1) is 4.88 Å². The van der Waals surface area contributed by atoms with E-state index in [1.54, 1.807) is 6.08 Å².